The van der Waals surface area contributed by atoms with Crippen LogP contribution in [0.2, 0.25) is 0 Å². The van der Waals surface area contributed by atoms with E-state index in [2.05, 4.69) is 22.3 Å². The molecule has 0 atom stereocenters. The van der Waals surface area contributed by atoms with E-state index in [1.807, 2.05) is 23.9 Å². The maximum atomic E-state index is 5.46. The molecule has 1 fully saturated rings. The molecule has 1 saturated carbocycles. The summed E-state index contributed by atoms with van der Waals surface area (Å²) in [6.45, 7) is 0.280. The zero-order valence-electron chi connectivity index (χ0n) is 10.7. The zero-order valence-corrected chi connectivity index (χ0v) is 11.5. The fourth-order valence-corrected chi connectivity index (χ4v) is 3.57. The van der Waals surface area contributed by atoms with Gasteiger partial charge in [0.25, 0.3) is 0 Å². The molecule has 1 heterocycles. The van der Waals surface area contributed by atoms with Crippen LogP contribution in [0.3, 0.4) is 0 Å². The van der Waals surface area contributed by atoms with E-state index in [0.717, 1.165) is 10.8 Å². The van der Waals surface area contributed by atoms with E-state index in [4.69, 9.17) is 10.2 Å². The second kappa shape index (κ2) is 5.75. The fourth-order valence-electron chi connectivity index (χ4n) is 2.33. The summed E-state index contributed by atoms with van der Waals surface area (Å²) < 4.78 is 5.44. The van der Waals surface area contributed by atoms with Gasteiger partial charge in [0.1, 0.15) is 0 Å². The minimum Gasteiger partial charge on any atom is -0.419 e. The van der Waals surface area contributed by atoms with E-state index >= 15 is 0 Å². The SMILES string of the molecule is NCc1nnc(-c2ccc(SC3CCCC3)cc2)o1. The van der Waals surface area contributed by atoms with Gasteiger partial charge in [-0.15, -0.1) is 22.0 Å². The molecule has 2 aromatic rings. The Hall–Kier alpha value is -1.33. The third kappa shape index (κ3) is 2.98. The van der Waals surface area contributed by atoms with Crippen LogP contribution in [0.15, 0.2) is 33.6 Å². The quantitative estimate of drug-likeness (QED) is 0.928. The Labute approximate surface area is 116 Å². The van der Waals surface area contributed by atoms with Gasteiger partial charge < -0.3 is 10.2 Å². The van der Waals surface area contributed by atoms with Crippen LogP contribution in [0.1, 0.15) is 31.6 Å². The Morgan fingerprint density at radius 3 is 2.53 bits per heavy atom. The Balaban J connectivity index is 1.70. The van der Waals surface area contributed by atoms with Crippen LogP contribution >= 0.6 is 11.8 Å². The van der Waals surface area contributed by atoms with Gasteiger partial charge in [-0.05, 0) is 37.1 Å². The molecule has 1 aromatic carbocycles. The van der Waals surface area contributed by atoms with Crippen molar-refractivity contribution in [2.45, 2.75) is 42.4 Å². The molecule has 100 valence electrons. The van der Waals surface area contributed by atoms with Crippen molar-refractivity contribution in [1.29, 1.82) is 0 Å². The standard InChI is InChI=1S/C14H17N3OS/c15-9-13-16-17-14(18-13)10-5-7-12(8-6-10)19-11-3-1-2-4-11/h5-8,11H,1-4,9,15H2. The predicted molar refractivity (Wildman–Crippen MR) is 75.7 cm³/mol. The summed E-state index contributed by atoms with van der Waals surface area (Å²) in [6, 6.07) is 8.32. The summed E-state index contributed by atoms with van der Waals surface area (Å²) in [6.07, 6.45) is 5.44. The molecule has 4 nitrogen and oxygen atoms in total. The van der Waals surface area contributed by atoms with E-state index in [9.17, 15) is 0 Å². The largest absolute Gasteiger partial charge is 0.419 e. The molecular weight excluding hydrogens is 258 g/mol. The third-order valence-electron chi connectivity index (χ3n) is 3.35. The van der Waals surface area contributed by atoms with E-state index in [-0.39, 0.29) is 6.54 Å². The first-order valence-corrected chi connectivity index (χ1v) is 7.52. The fraction of sp³-hybridized carbons (Fsp3) is 0.429. The molecule has 5 heteroatoms. The van der Waals surface area contributed by atoms with Crippen LogP contribution in [0.5, 0.6) is 0 Å². The summed E-state index contributed by atoms with van der Waals surface area (Å²) in [4.78, 5) is 1.31. The van der Waals surface area contributed by atoms with Gasteiger partial charge in [0.2, 0.25) is 11.8 Å². The monoisotopic (exact) mass is 275 g/mol. The molecule has 1 aliphatic rings. The predicted octanol–water partition coefficient (Wildman–Crippen LogP) is 3.23. The number of nitrogens with zero attached hydrogens (tertiary/aromatic N) is 2. The topological polar surface area (TPSA) is 64.9 Å². The van der Waals surface area contributed by atoms with Crippen LogP contribution in [0.25, 0.3) is 11.5 Å². The van der Waals surface area contributed by atoms with Crippen molar-refractivity contribution in [1.82, 2.24) is 10.2 Å². The van der Waals surface area contributed by atoms with Crippen molar-refractivity contribution in [2.24, 2.45) is 5.73 Å². The molecule has 0 amide bonds. The van der Waals surface area contributed by atoms with Crippen molar-refractivity contribution in [3.63, 3.8) is 0 Å². The molecular formula is C14H17N3OS. The lowest BCUT2D eigenvalue weighted by molar-refractivity contribution is 0.508. The second-order valence-corrected chi connectivity index (χ2v) is 6.13. The maximum Gasteiger partial charge on any atom is 0.247 e. The van der Waals surface area contributed by atoms with Crippen LogP contribution < -0.4 is 5.73 Å². The Bertz CT molecular complexity index is 532. The smallest absolute Gasteiger partial charge is 0.247 e. The highest BCUT2D eigenvalue weighted by molar-refractivity contribution is 8.00. The molecule has 1 aliphatic carbocycles. The zero-order chi connectivity index (χ0) is 13.1. The lowest BCUT2D eigenvalue weighted by Crippen LogP contribution is -1.95. The van der Waals surface area contributed by atoms with E-state index < -0.39 is 0 Å². The lowest BCUT2D eigenvalue weighted by Gasteiger charge is -2.08. The molecule has 0 radical (unpaired) electrons. The van der Waals surface area contributed by atoms with Gasteiger partial charge in [-0.1, -0.05) is 12.8 Å². The van der Waals surface area contributed by atoms with Crippen molar-refractivity contribution in [3.05, 3.63) is 30.2 Å². The van der Waals surface area contributed by atoms with Gasteiger partial charge in [-0.2, -0.15) is 0 Å². The Kier molecular flexibility index (Phi) is 3.84. The molecule has 0 spiro atoms. The maximum absolute atomic E-state index is 5.46. The van der Waals surface area contributed by atoms with Gasteiger partial charge in [-0.25, -0.2) is 0 Å². The summed E-state index contributed by atoms with van der Waals surface area (Å²) >= 11 is 1.98. The molecule has 0 unspecified atom stereocenters. The summed E-state index contributed by atoms with van der Waals surface area (Å²) in [5.41, 5.74) is 6.40. The normalized spacial score (nSPS) is 16.1. The van der Waals surface area contributed by atoms with Crippen molar-refractivity contribution in [3.8, 4) is 11.5 Å². The van der Waals surface area contributed by atoms with E-state index in [1.165, 1.54) is 30.6 Å². The number of rotatable bonds is 4. The average Bonchev–Trinajstić information content (AvgIpc) is 3.10. The molecule has 1 aromatic heterocycles. The minimum absolute atomic E-state index is 0.280. The van der Waals surface area contributed by atoms with Crippen LogP contribution in [-0.4, -0.2) is 15.4 Å². The summed E-state index contributed by atoms with van der Waals surface area (Å²) in [5, 5.41) is 8.65. The molecule has 0 aliphatic heterocycles. The molecule has 0 bridgehead atoms. The molecule has 19 heavy (non-hydrogen) atoms. The number of thioether (sulfide) groups is 1. The average molecular weight is 275 g/mol. The highest BCUT2D eigenvalue weighted by Gasteiger charge is 2.16. The molecule has 3 rings (SSSR count). The second-order valence-electron chi connectivity index (χ2n) is 4.75. The molecule has 2 N–H and O–H groups in total. The van der Waals surface area contributed by atoms with Crippen molar-refractivity contribution < 1.29 is 4.42 Å². The van der Waals surface area contributed by atoms with Crippen molar-refractivity contribution >= 4 is 11.8 Å². The minimum atomic E-state index is 0.280. The third-order valence-corrected chi connectivity index (χ3v) is 4.70. The van der Waals surface area contributed by atoms with Crippen LogP contribution in [0, 0.1) is 0 Å². The molecule has 0 saturated heterocycles. The Morgan fingerprint density at radius 2 is 1.89 bits per heavy atom. The number of nitrogens with two attached hydrogens (primary N) is 1. The van der Waals surface area contributed by atoms with Crippen molar-refractivity contribution in [2.75, 3.05) is 0 Å². The lowest BCUT2D eigenvalue weighted by atomic mass is 10.2. The Morgan fingerprint density at radius 1 is 1.16 bits per heavy atom. The number of aromatic nitrogens is 2. The highest BCUT2D eigenvalue weighted by atomic mass is 32.2. The van der Waals surface area contributed by atoms with E-state index in [0.29, 0.717) is 11.8 Å². The van der Waals surface area contributed by atoms with Crippen LogP contribution in [0.4, 0.5) is 0 Å². The number of benzene rings is 1. The van der Waals surface area contributed by atoms with Gasteiger partial charge in [-0.3, -0.25) is 0 Å². The summed E-state index contributed by atoms with van der Waals surface area (Å²) in [7, 11) is 0. The highest BCUT2D eigenvalue weighted by Crippen LogP contribution is 2.35. The van der Waals surface area contributed by atoms with Gasteiger partial charge >= 0.3 is 0 Å². The number of hydrogen-bond acceptors (Lipinski definition) is 5. The van der Waals surface area contributed by atoms with Crippen LogP contribution in [-0.2, 0) is 6.54 Å². The first-order chi connectivity index (χ1) is 9.35. The summed E-state index contributed by atoms with van der Waals surface area (Å²) in [5.74, 6) is 1.01. The number of hydrogen-bond donors (Lipinski definition) is 1. The first-order valence-electron chi connectivity index (χ1n) is 6.64. The van der Waals surface area contributed by atoms with E-state index in [1.54, 1.807) is 0 Å². The van der Waals surface area contributed by atoms with Gasteiger partial charge in [0.15, 0.2) is 0 Å². The first kappa shape index (κ1) is 12.7. The van der Waals surface area contributed by atoms with Gasteiger partial charge in [0.05, 0.1) is 6.54 Å². The van der Waals surface area contributed by atoms with Gasteiger partial charge in [0, 0.05) is 15.7 Å².